The van der Waals surface area contributed by atoms with E-state index in [9.17, 15) is 8.42 Å². The first kappa shape index (κ1) is 14.5. The largest absolute Gasteiger partial charge is 0.330 e. The first-order valence-electron chi connectivity index (χ1n) is 6.56. The molecule has 6 heteroatoms. The lowest BCUT2D eigenvalue weighted by Gasteiger charge is -2.19. The van der Waals surface area contributed by atoms with Gasteiger partial charge in [0.25, 0.3) is 0 Å². The summed E-state index contributed by atoms with van der Waals surface area (Å²) in [6, 6.07) is 7.18. The summed E-state index contributed by atoms with van der Waals surface area (Å²) < 4.78 is 22.6. The molecule has 0 spiro atoms. The molecule has 5 N–H and O–H groups in total. The number of primary sulfonamides is 1. The van der Waals surface area contributed by atoms with Crippen LogP contribution in [0.25, 0.3) is 0 Å². The van der Waals surface area contributed by atoms with Crippen molar-refractivity contribution < 1.29 is 8.42 Å². The van der Waals surface area contributed by atoms with Gasteiger partial charge in [0.2, 0.25) is 10.0 Å². The van der Waals surface area contributed by atoms with Crippen LogP contribution in [-0.2, 0) is 16.6 Å². The molecule has 1 fully saturated rings. The maximum atomic E-state index is 11.3. The van der Waals surface area contributed by atoms with Gasteiger partial charge in [-0.05, 0) is 43.0 Å². The molecule has 1 aliphatic carbocycles. The van der Waals surface area contributed by atoms with Crippen molar-refractivity contribution in [1.82, 2.24) is 5.32 Å². The normalized spacial score (nSPS) is 23.7. The van der Waals surface area contributed by atoms with Gasteiger partial charge in [0.05, 0.1) is 4.90 Å². The fourth-order valence-electron chi connectivity index (χ4n) is 2.67. The third kappa shape index (κ3) is 3.76. The molecule has 5 nitrogen and oxygen atoms in total. The monoisotopic (exact) mass is 283 g/mol. The number of nitrogens with one attached hydrogen (secondary N) is 1. The smallest absolute Gasteiger partial charge is 0.238 e. The van der Waals surface area contributed by atoms with Gasteiger partial charge in [-0.1, -0.05) is 18.6 Å². The van der Waals surface area contributed by atoms with Crippen LogP contribution in [-0.4, -0.2) is 21.0 Å². The SMILES string of the molecule is NCC1CCCC1NCc1cccc(S(N)(=O)=O)c1. The molecule has 0 saturated heterocycles. The number of rotatable bonds is 5. The predicted octanol–water partition coefficient (Wildman–Crippen LogP) is 0.551. The molecule has 0 radical (unpaired) electrons. The van der Waals surface area contributed by atoms with Crippen molar-refractivity contribution in [3.8, 4) is 0 Å². The summed E-state index contributed by atoms with van der Waals surface area (Å²) in [6.45, 7) is 1.35. The van der Waals surface area contributed by atoms with E-state index >= 15 is 0 Å². The van der Waals surface area contributed by atoms with Gasteiger partial charge in [-0.2, -0.15) is 0 Å². The summed E-state index contributed by atoms with van der Waals surface area (Å²) in [6.07, 6.45) is 3.51. The first-order valence-corrected chi connectivity index (χ1v) is 8.10. The summed E-state index contributed by atoms with van der Waals surface area (Å²) in [5.41, 5.74) is 6.66. The van der Waals surface area contributed by atoms with E-state index in [0.29, 0.717) is 25.0 Å². The third-order valence-electron chi connectivity index (χ3n) is 3.76. The minimum atomic E-state index is -3.63. The highest BCUT2D eigenvalue weighted by Crippen LogP contribution is 2.24. The number of hydrogen-bond acceptors (Lipinski definition) is 4. The van der Waals surface area contributed by atoms with Crippen LogP contribution in [0.2, 0.25) is 0 Å². The van der Waals surface area contributed by atoms with Crippen molar-refractivity contribution in [2.75, 3.05) is 6.54 Å². The summed E-state index contributed by atoms with van der Waals surface area (Å²) in [5, 5.41) is 8.58. The molecule has 1 aliphatic rings. The Morgan fingerprint density at radius 1 is 1.32 bits per heavy atom. The van der Waals surface area contributed by atoms with Crippen molar-refractivity contribution in [3.05, 3.63) is 29.8 Å². The van der Waals surface area contributed by atoms with Gasteiger partial charge in [0, 0.05) is 12.6 Å². The van der Waals surface area contributed by atoms with Crippen LogP contribution < -0.4 is 16.2 Å². The zero-order chi connectivity index (χ0) is 13.9. The van der Waals surface area contributed by atoms with Gasteiger partial charge < -0.3 is 11.1 Å². The lowest BCUT2D eigenvalue weighted by molar-refractivity contribution is 0.406. The summed E-state index contributed by atoms with van der Waals surface area (Å²) in [7, 11) is -3.63. The molecular weight excluding hydrogens is 262 g/mol. The second-order valence-electron chi connectivity index (χ2n) is 5.11. The molecule has 1 aromatic rings. The Labute approximate surface area is 114 Å². The van der Waals surface area contributed by atoms with Gasteiger partial charge in [-0.3, -0.25) is 0 Å². The minimum absolute atomic E-state index is 0.161. The average molecular weight is 283 g/mol. The van der Waals surface area contributed by atoms with Gasteiger partial charge in [-0.25, -0.2) is 13.6 Å². The Morgan fingerprint density at radius 2 is 2.11 bits per heavy atom. The van der Waals surface area contributed by atoms with Crippen molar-refractivity contribution in [1.29, 1.82) is 0 Å². The van der Waals surface area contributed by atoms with Gasteiger partial charge in [0.15, 0.2) is 0 Å². The molecule has 2 atom stereocenters. The van der Waals surface area contributed by atoms with E-state index in [4.69, 9.17) is 10.9 Å². The fraction of sp³-hybridized carbons (Fsp3) is 0.538. The molecule has 1 aromatic carbocycles. The molecule has 1 saturated carbocycles. The topological polar surface area (TPSA) is 98.2 Å². The molecule has 2 unspecified atom stereocenters. The average Bonchev–Trinajstić information content (AvgIpc) is 2.83. The van der Waals surface area contributed by atoms with Crippen molar-refractivity contribution >= 4 is 10.0 Å². The summed E-state index contributed by atoms with van der Waals surface area (Å²) >= 11 is 0. The standard InChI is InChI=1S/C13H21N3O2S/c14-8-11-4-2-6-13(11)16-9-10-3-1-5-12(7-10)19(15,17)18/h1,3,5,7,11,13,16H,2,4,6,8-9,14H2,(H2,15,17,18). The number of hydrogen-bond donors (Lipinski definition) is 3. The number of nitrogens with two attached hydrogens (primary N) is 2. The van der Waals surface area contributed by atoms with E-state index in [0.717, 1.165) is 12.0 Å². The predicted molar refractivity (Wildman–Crippen MR) is 74.8 cm³/mol. The molecule has 2 rings (SSSR count). The van der Waals surface area contributed by atoms with E-state index in [1.165, 1.54) is 18.9 Å². The summed E-state index contributed by atoms with van der Waals surface area (Å²) in [5.74, 6) is 0.529. The molecule has 0 heterocycles. The number of sulfonamides is 1. The van der Waals surface area contributed by atoms with Crippen molar-refractivity contribution in [3.63, 3.8) is 0 Å². The zero-order valence-electron chi connectivity index (χ0n) is 10.9. The van der Waals surface area contributed by atoms with Gasteiger partial charge in [-0.15, -0.1) is 0 Å². The molecule has 0 aromatic heterocycles. The van der Waals surface area contributed by atoms with Crippen LogP contribution in [0.1, 0.15) is 24.8 Å². The highest BCUT2D eigenvalue weighted by molar-refractivity contribution is 7.89. The quantitative estimate of drug-likeness (QED) is 0.735. The van der Waals surface area contributed by atoms with Crippen LogP contribution >= 0.6 is 0 Å². The molecule has 0 amide bonds. The maximum absolute atomic E-state index is 11.3. The zero-order valence-corrected chi connectivity index (χ0v) is 11.7. The Hall–Kier alpha value is -0.950. The Balaban J connectivity index is 2.00. The maximum Gasteiger partial charge on any atom is 0.238 e. The van der Waals surface area contributed by atoms with E-state index in [-0.39, 0.29) is 4.90 Å². The highest BCUT2D eigenvalue weighted by atomic mass is 32.2. The Kier molecular flexibility index (Phi) is 4.57. The molecule has 0 bridgehead atoms. The van der Waals surface area contributed by atoms with E-state index in [1.807, 2.05) is 6.07 Å². The van der Waals surface area contributed by atoms with E-state index < -0.39 is 10.0 Å². The van der Waals surface area contributed by atoms with Crippen LogP contribution in [0.15, 0.2) is 29.2 Å². The molecule has 0 aliphatic heterocycles. The van der Waals surface area contributed by atoms with Crippen LogP contribution in [0.4, 0.5) is 0 Å². The fourth-order valence-corrected chi connectivity index (χ4v) is 3.25. The van der Waals surface area contributed by atoms with Crippen LogP contribution in [0.5, 0.6) is 0 Å². The Bertz CT molecular complexity index is 530. The van der Waals surface area contributed by atoms with Crippen molar-refractivity contribution in [2.24, 2.45) is 16.8 Å². The van der Waals surface area contributed by atoms with Crippen molar-refractivity contribution in [2.45, 2.75) is 36.7 Å². The second-order valence-corrected chi connectivity index (χ2v) is 6.67. The molecule has 19 heavy (non-hydrogen) atoms. The molecular formula is C13H21N3O2S. The van der Waals surface area contributed by atoms with Crippen LogP contribution in [0, 0.1) is 5.92 Å². The van der Waals surface area contributed by atoms with E-state index in [2.05, 4.69) is 5.32 Å². The second kappa shape index (κ2) is 6.00. The van der Waals surface area contributed by atoms with Gasteiger partial charge in [0.1, 0.15) is 0 Å². The Morgan fingerprint density at radius 3 is 2.79 bits per heavy atom. The summed E-state index contributed by atoms with van der Waals surface area (Å²) in [4.78, 5) is 0.161. The molecule has 106 valence electrons. The lowest BCUT2D eigenvalue weighted by Crippen LogP contribution is -2.35. The third-order valence-corrected chi connectivity index (χ3v) is 4.67. The van der Waals surface area contributed by atoms with E-state index in [1.54, 1.807) is 12.1 Å². The highest BCUT2D eigenvalue weighted by Gasteiger charge is 2.25. The lowest BCUT2D eigenvalue weighted by atomic mass is 10.0. The van der Waals surface area contributed by atoms with Gasteiger partial charge >= 0.3 is 0 Å². The van der Waals surface area contributed by atoms with Crippen LogP contribution in [0.3, 0.4) is 0 Å². The number of benzene rings is 1. The first-order chi connectivity index (χ1) is 9.00. The minimum Gasteiger partial charge on any atom is -0.330 e.